The lowest BCUT2D eigenvalue weighted by molar-refractivity contribution is 0.343. The van der Waals surface area contributed by atoms with Gasteiger partial charge in [0.05, 0.1) is 6.61 Å². The van der Waals surface area contributed by atoms with E-state index in [4.69, 9.17) is 4.74 Å². The van der Waals surface area contributed by atoms with Crippen molar-refractivity contribution in [3.8, 4) is 5.75 Å². The van der Waals surface area contributed by atoms with Gasteiger partial charge in [-0.25, -0.2) is 0 Å². The van der Waals surface area contributed by atoms with Gasteiger partial charge in [0.1, 0.15) is 5.75 Å². The van der Waals surface area contributed by atoms with E-state index in [9.17, 15) is 0 Å². The van der Waals surface area contributed by atoms with Crippen molar-refractivity contribution in [2.45, 2.75) is 24.8 Å². The van der Waals surface area contributed by atoms with Gasteiger partial charge in [0.25, 0.3) is 0 Å². The number of thioether (sulfide) groups is 1. The molecular formula is C18H23NOS. The van der Waals surface area contributed by atoms with Crippen LogP contribution in [0.2, 0.25) is 0 Å². The first kappa shape index (κ1) is 15.9. The summed E-state index contributed by atoms with van der Waals surface area (Å²) in [5.74, 6) is 1.91. The molecule has 0 fully saturated rings. The monoisotopic (exact) mass is 301 g/mol. The van der Waals surface area contributed by atoms with Gasteiger partial charge in [-0.1, -0.05) is 37.3 Å². The molecule has 0 bridgehead atoms. The van der Waals surface area contributed by atoms with Crippen molar-refractivity contribution in [2.75, 3.05) is 18.9 Å². The van der Waals surface area contributed by atoms with E-state index < -0.39 is 0 Å². The van der Waals surface area contributed by atoms with E-state index in [-0.39, 0.29) is 0 Å². The van der Waals surface area contributed by atoms with Crippen molar-refractivity contribution < 1.29 is 4.74 Å². The van der Waals surface area contributed by atoms with Crippen LogP contribution in [0.15, 0.2) is 59.5 Å². The highest BCUT2D eigenvalue weighted by Crippen LogP contribution is 2.20. The standard InChI is InChI=1S/C18H23NOS/c1-3-19-15(2)16-8-7-9-17(14-16)20-12-13-21-18-10-5-4-6-11-18/h4-11,14-15,19H,3,12-13H2,1-2H3. The molecule has 0 aliphatic heterocycles. The molecule has 0 saturated carbocycles. The van der Waals surface area contributed by atoms with Crippen LogP contribution in [0.25, 0.3) is 0 Å². The van der Waals surface area contributed by atoms with Crippen molar-refractivity contribution in [1.29, 1.82) is 0 Å². The number of ether oxygens (including phenoxy) is 1. The Morgan fingerprint density at radius 2 is 1.90 bits per heavy atom. The molecule has 2 aromatic carbocycles. The van der Waals surface area contributed by atoms with E-state index in [1.807, 2.05) is 23.9 Å². The minimum atomic E-state index is 0.359. The SMILES string of the molecule is CCNC(C)c1cccc(OCCSc2ccccc2)c1. The van der Waals surface area contributed by atoms with Crippen LogP contribution in [0.4, 0.5) is 0 Å². The van der Waals surface area contributed by atoms with Crippen molar-refractivity contribution in [1.82, 2.24) is 5.32 Å². The van der Waals surface area contributed by atoms with Gasteiger partial charge in [-0.3, -0.25) is 0 Å². The van der Waals surface area contributed by atoms with Gasteiger partial charge in [0.15, 0.2) is 0 Å². The maximum absolute atomic E-state index is 5.85. The second-order valence-corrected chi connectivity index (χ2v) is 6.03. The van der Waals surface area contributed by atoms with Crippen LogP contribution in [-0.4, -0.2) is 18.9 Å². The Hall–Kier alpha value is -1.45. The first-order valence-electron chi connectivity index (χ1n) is 7.43. The zero-order valence-electron chi connectivity index (χ0n) is 12.7. The molecule has 21 heavy (non-hydrogen) atoms. The van der Waals surface area contributed by atoms with Gasteiger partial charge in [0.2, 0.25) is 0 Å². The lowest BCUT2D eigenvalue weighted by atomic mass is 10.1. The fourth-order valence-corrected chi connectivity index (χ4v) is 2.89. The largest absolute Gasteiger partial charge is 0.493 e. The number of rotatable bonds is 8. The molecule has 0 saturated heterocycles. The molecule has 1 N–H and O–H groups in total. The normalized spacial score (nSPS) is 12.1. The van der Waals surface area contributed by atoms with Crippen LogP contribution in [-0.2, 0) is 0 Å². The molecule has 0 spiro atoms. The second-order valence-electron chi connectivity index (χ2n) is 4.86. The first-order chi connectivity index (χ1) is 10.3. The summed E-state index contributed by atoms with van der Waals surface area (Å²) in [5, 5.41) is 3.42. The van der Waals surface area contributed by atoms with Crippen LogP contribution >= 0.6 is 11.8 Å². The zero-order valence-corrected chi connectivity index (χ0v) is 13.5. The summed E-state index contributed by atoms with van der Waals surface area (Å²) >= 11 is 1.82. The third-order valence-electron chi connectivity index (χ3n) is 3.23. The number of nitrogens with one attached hydrogen (secondary N) is 1. The van der Waals surface area contributed by atoms with Gasteiger partial charge >= 0.3 is 0 Å². The minimum Gasteiger partial charge on any atom is -0.493 e. The van der Waals surface area contributed by atoms with Crippen LogP contribution in [0, 0.1) is 0 Å². The Bertz CT molecular complexity index is 530. The summed E-state index contributed by atoms with van der Waals surface area (Å²) in [4.78, 5) is 1.29. The highest BCUT2D eigenvalue weighted by atomic mass is 32.2. The summed E-state index contributed by atoms with van der Waals surface area (Å²) < 4.78 is 5.85. The van der Waals surface area contributed by atoms with E-state index >= 15 is 0 Å². The summed E-state index contributed by atoms with van der Waals surface area (Å²) in [6.07, 6.45) is 0. The van der Waals surface area contributed by atoms with Gasteiger partial charge in [-0.05, 0) is 43.3 Å². The van der Waals surface area contributed by atoms with Crippen LogP contribution < -0.4 is 10.1 Å². The Labute approximate surface area is 131 Å². The molecule has 0 aliphatic carbocycles. The molecule has 0 radical (unpaired) electrons. The number of hydrogen-bond acceptors (Lipinski definition) is 3. The fraction of sp³-hybridized carbons (Fsp3) is 0.333. The van der Waals surface area contributed by atoms with Crippen molar-refractivity contribution >= 4 is 11.8 Å². The van der Waals surface area contributed by atoms with E-state index in [2.05, 4.69) is 61.6 Å². The maximum Gasteiger partial charge on any atom is 0.119 e. The van der Waals surface area contributed by atoms with Crippen LogP contribution in [0.3, 0.4) is 0 Å². The van der Waals surface area contributed by atoms with Crippen molar-refractivity contribution in [3.63, 3.8) is 0 Å². The zero-order chi connectivity index (χ0) is 14.9. The Morgan fingerprint density at radius 1 is 1.10 bits per heavy atom. The molecule has 2 rings (SSSR count). The first-order valence-corrected chi connectivity index (χ1v) is 8.42. The average molecular weight is 301 g/mol. The smallest absolute Gasteiger partial charge is 0.119 e. The van der Waals surface area contributed by atoms with Crippen LogP contribution in [0.1, 0.15) is 25.5 Å². The van der Waals surface area contributed by atoms with E-state index in [0.717, 1.165) is 24.7 Å². The maximum atomic E-state index is 5.85. The van der Waals surface area contributed by atoms with Gasteiger partial charge in [0, 0.05) is 16.7 Å². The van der Waals surface area contributed by atoms with E-state index in [0.29, 0.717) is 6.04 Å². The second kappa shape index (κ2) is 8.75. The molecule has 0 aliphatic rings. The third-order valence-corrected chi connectivity index (χ3v) is 4.21. The molecule has 0 heterocycles. The molecule has 2 nitrogen and oxygen atoms in total. The molecule has 0 amide bonds. The molecule has 1 unspecified atom stereocenters. The Kier molecular flexibility index (Phi) is 6.64. The summed E-state index contributed by atoms with van der Waals surface area (Å²) in [5.41, 5.74) is 1.27. The lowest BCUT2D eigenvalue weighted by Crippen LogP contribution is -2.17. The highest BCUT2D eigenvalue weighted by molar-refractivity contribution is 7.99. The van der Waals surface area contributed by atoms with Crippen LogP contribution in [0.5, 0.6) is 5.75 Å². The van der Waals surface area contributed by atoms with Gasteiger partial charge < -0.3 is 10.1 Å². The van der Waals surface area contributed by atoms with Gasteiger partial charge in [-0.15, -0.1) is 11.8 Å². The third kappa shape index (κ3) is 5.44. The molecule has 0 aromatic heterocycles. The van der Waals surface area contributed by atoms with E-state index in [1.165, 1.54) is 10.5 Å². The summed E-state index contributed by atoms with van der Waals surface area (Å²) in [6, 6.07) is 19.1. The highest BCUT2D eigenvalue weighted by Gasteiger charge is 2.04. The van der Waals surface area contributed by atoms with Crippen molar-refractivity contribution in [2.24, 2.45) is 0 Å². The predicted molar refractivity (Wildman–Crippen MR) is 91.2 cm³/mol. The van der Waals surface area contributed by atoms with Crippen molar-refractivity contribution in [3.05, 3.63) is 60.2 Å². The number of benzene rings is 2. The van der Waals surface area contributed by atoms with Gasteiger partial charge in [-0.2, -0.15) is 0 Å². The quantitative estimate of drug-likeness (QED) is 0.572. The Morgan fingerprint density at radius 3 is 2.67 bits per heavy atom. The molecule has 112 valence electrons. The average Bonchev–Trinajstić information content (AvgIpc) is 2.53. The molecular weight excluding hydrogens is 278 g/mol. The summed E-state index contributed by atoms with van der Waals surface area (Å²) in [7, 11) is 0. The molecule has 2 aromatic rings. The topological polar surface area (TPSA) is 21.3 Å². The predicted octanol–water partition coefficient (Wildman–Crippen LogP) is 4.53. The molecule has 3 heteroatoms. The summed E-state index contributed by atoms with van der Waals surface area (Å²) in [6.45, 7) is 5.99. The lowest BCUT2D eigenvalue weighted by Gasteiger charge is -2.14. The minimum absolute atomic E-state index is 0.359. The Balaban J connectivity index is 1.79. The fourth-order valence-electron chi connectivity index (χ4n) is 2.13. The van der Waals surface area contributed by atoms with E-state index in [1.54, 1.807) is 0 Å². The molecule has 1 atom stereocenters. The number of hydrogen-bond donors (Lipinski definition) is 1.